The highest BCUT2D eigenvalue weighted by molar-refractivity contribution is 5.77. The van der Waals surface area contributed by atoms with Gasteiger partial charge in [0.15, 0.2) is 0 Å². The summed E-state index contributed by atoms with van der Waals surface area (Å²) in [6.07, 6.45) is 6.57. The van der Waals surface area contributed by atoms with E-state index >= 15 is 0 Å². The Hall–Kier alpha value is -2.92. The van der Waals surface area contributed by atoms with Gasteiger partial charge >= 0.3 is 0 Å². The molecule has 2 aromatic carbocycles. The number of carbonyl (C=O) groups is 1. The van der Waals surface area contributed by atoms with E-state index in [1.807, 2.05) is 29.1 Å². The highest BCUT2D eigenvalue weighted by Gasteiger charge is 2.17. The highest BCUT2D eigenvalue weighted by Crippen LogP contribution is 2.24. The van der Waals surface area contributed by atoms with E-state index in [1.54, 1.807) is 6.20 Å². The number of carbonyl (C=O) groups excluding carboxylic acids is 1. The minimum absolute atomic E-state index is 0.115. The molecular weight excluding hydrogens is 348 g/mol. The third-order valence-electron chi connectivity index (χ3n) is 5.26. The fraction of sp³-hybridized carbons (Fsp3) is 0.304. The lowest BCUT2D eigenvalue weighted by Gasteiger charge is -2.13. The summed E-state index contributed by atoms with van der Waals surface area (Å²) >= 11 is 0. The number of hydrogen-bond acceptors (Lipinski definition) is 3. The van der Waals surface area contributed by atoms with Gasteiger partial charge in [-0.15, -0.1) is 0 Å². The second-order valence-corrected chi connectivity index (χ2v) is 7.33. The third kappa shape index (κ3) is 4.67. The molecule has 5 heteroatoms. The lowest BCUT2D eigenvalue weighted by atomic mass is 9.98. The number of hydrogen-bond donors (Lipinski definition) is 2. The summed E-state index contributed by atoms with van der Waals surface area (Å²) < 4.78 is 1.91. The zero-order valence-corrected chi connectivity index (χ0v) is 16.0. The maximum Gasteiger partial charge on any atom is 0.221 e. The van der Waals surface area contributed by atoms with Gasteiger partial charge in [0.2, 0.25) is 5.91 Å². The van der Waals surface area contributed by atoms with Crippen LogP contribution in [0.15, 0.2) is 67.0 Å². The van der Waals surface area contributed by atoms with Gasteiger partial charge in [0.05, 0.1) is 6.54 Å². The van der Waals surface area contributed by atoms with Gasteiger partial charge in [-0.1, -0.05) is 48.5 Å². The van der Waals surface area contributed by atoms with Crippen LogP contribution >= 0.6 is 0 Å². The van der Waals surface area contributed by atoms with E-state index in [2.05, 4.69) is 52.1 Å². The van der Waals surface area contributed by atoms with E-state index in [4.69, 9.17) is 0 Å². The molecule has 1 amide bonds. The molecular formula is C23H26N4O. The minimum atomic E-state index is 0.115. The molecule has 0 bridgehead atoms. The molecule has 0 spiro atoms. The summed E-state index contributed by atoms with van der Waals surface area (Å²) in [5.41, 5.74) is 4.66. The van der Waals surface area contributed by atoms with E-state index in [9.17, 15) is 4.79 Å². The van der Waals surface area contributed by atoms with Crippen molar-refractivity contribution in [3.63, 3.8) is 0 Å². The van der Waals surface area contributed by atoms with Crippen molar-refractivity contribution >= 4 is 5.91 Å². The summed E-state index contributed by atoms with van der Waals surface area (Å²) in [6, 6.07) is 19.1. The normalized spacial score (nSPS) is 16.2. The van der Waals surface area contributed by atoms with E-state index in [0.29, 0.717) is 19.0 Å². The van der Waals surface area contributed by atoms with Crippen LogP contribution < -0.4 is 10.6 Å². The Kier molecular flexibility index (Phi) is 5.83. The third-order valence-corrected chi connectivity index (χ3v) is 5.26. The smallest absolute Gasteiger partial charge is 0.221 e. The van der Waals surface area contributed by atoms with Gasteiger partial charge in [0.25, 0.3) is 0 Å². The van der Waals surface area contributed by atoms with E-state index in [1.165, 1.54) is 5.56 Å². The predicted octanol–water partition coefficient (Wildman–Crippen LogP) is 3.36. The van der Waals surface area contributed by atoms with Crippen LogP contribution in [-0.4, -0.2) is 28.3 Å². The molecule has 0 radical (unpaired) electrons. The minimum Gasteiger partial charge on any atom is -0.352 e. The molecule has 2 heterocycles. The highest BCUT2D eigenvalue weighted by atomic mass is 16.1. The van der Waals surface area contributed by atoms with Gasteiger partial charge in [-0.05, 0) is 47.7 Å². The molecule has 1 atom stereocenters. The Morgan fingerprint density at radius 1 is 1.14 bits per heavy atom. The average Bonchev–Trinajstić information content (AvgIpc) is 3.42. The number of benzene rings is 2. The van der Waals surface area contributed by atoms with Gasteiger partial charge in [-0.2, -0.15) is 5.10 Å². The van der Waals surface area contributed by atoms with Gasteiger partial charge in [-0.3, -0.25) is 9.48 Å². The average molecular weight is 374 g/mol. The van der Waals surface area contributed by atoms with Crippen molar-refractivity contribution in [1.82, 2.24) is 20.4 Å². The Morgan fingerprint density at radius 3 is 2.75 bits per heavy atom. The molecule has 1 aliphatic heterocycles. The molecule has 0 aliphatic carbocycles. The summed E-state index contributed by atoms with van der Waals surface area (Å²) in [5.74, 6) is 0.115. The second-order valence-electron chi connectivity index (χ2n) is 7.33. The first-order valence-corrected chi connectivity index (χ1v) is 9.93. The maximum absolute atomic E-state index is 12.3. The van der Waals surface area contributed by atoms with Crippen molar-refractivity contribution in [2.45, 2.75) is 38.4 Å². The SMILES string of the molecule is O=C(CC1CCCN1)NCc1ccccc1-c1ccc(Cn2cccn2)cc1. The zero-order valence-electron chi connectivity index (χ0n) is 16.0. The molecule has 3 aromatic rings. The van der Waals surface area contributed by atoms with E-state index in [0.717, 1.165) is 42.6 Å². The van der Waals surface area contributed by atoms with Crippen molar-refractivity contribution in [2.24, 2.45) is 0 Å². The van der Waals surface area contributed by atoms with Crippen molar-refractivity contribution in [3.05, 3.63) is 78.1 Å². The number of nitrogens with one attached hydrogen (secondary N) is 2. The van der Waals surface area contributed by atoms with Crippen LogP contribution in [0, 0.1) is 0 Å². The Morgan fingerprint density at radius 2 is 2.00 bits per heavy atom. The topological polar surface area (TPSA) is 59.0 Å². The second kappa shape index (κ2) is 8.85. The van der Waals surface area contributed by atoms with Crippen LogP contribution in [0.2, 0.25) is 0 Å². The molecule has 1 unspecified atom stereocenters. The molecule has 1 aromatic heterocycles. The number of rotatable bonds is 7. The van der Waals surface area contributed by atoms with Crippen LogP contribution in [-0.2, 0) is 17.9 Å². The van der Waals surface area contributed by atoms with Gasteiger partial charge in [-0.25, -0.2) is 0 Å². The predicted molar refractivity (Wildman–Crippen MR) is 111 cm³/mol. The zero-order chi connectivity index (χ0) is 19.2. The standard InChI is InChI=1S/C23H26N4O/c28-23(15-21-6-3-12-24-21)25-16-20-5-1-2-7-22(20)19-10-8-18(9-11-19)17-27-14-4-13-26-27/h1-2,4-5,7-11,13-14,21,24H,3,6,12,15-17H2,(H,25,28). The summed E-state index contributed by atoms with van der Waals surface area (Å²) in [6.45, 7) is 2.34. The first kappa shape index (κ1) is 18.4. The Bertz CT molecular complexity index is 897. The molecule has 1 saturated heterocycles. The van der Waals surface area contributed by atoms with Crippen LogP contribution in [0.4, 0.5) is 0 Å². The van der Waals surface area contributed by atoms with Crippen molar-refractivity contribution < 1.29 is 4.79 Å². The molecule has 1 aliphatic rings. The molecule has 1 fully saturated rings. The van der Waals surface area contributed by atoms with Crippen molar-refractivity contribution in [1.29, 1.82) is 0 Å². The Labute approximate surface area is 165 Å². The van der Waals surface area contributed by atoms with Gasteiger partial charge in [0, 0.05) is 31.4 Å². The largest absolute Gasteiger partial charge is 0.352 e. The Balaban J connectivity index is 1.41. The fourth-order valence-electron chi connectivity index (χ4n) is 3.75. The number of amides is 1. The van der Waals surface area contributed by atoms with Gasteiger partial charge < -0.3 is 10.6 Å². The van der Waals surface area contributed by atoms with Crippen LogP contribution in [0.5, 0.6) is 0 Å². The van der Waals surface area contributed by atoms with Gasteiger partial charge in [0.1, 0.15) is 0 Å². The number of aromatic nitrogens is 2. The van der Waals surface area contributed by atoms with Crippen LogP contribution in [0.25, 0.3) is 11.1 Å². The molecule has 144 valence electrons. The van der Waals surface area contributed by atoms with E-state index < -0.39 is 0 Å². The van der Waals surface area contributed by atoms with Crippen LogP contribution in [0.1, 0.15) is 30.4 Å². The van der Waals surface area contributed by atoms with E-state index in [-0.39, 0.29) is 5.91 Å². The summed E-state index contributed by atoms with van der Waals surface area (Å²) in [4.78, 5) is 12.3. The van der Waals surface area contributed by atoms with Crippen LogP contribution in [0.3, 0.4) is 0 Å². The first-order valence-electron chi connectivity index (χ1n) is 9.93. The first-order chi connectivity index (χ1) is 13.8. The number of nitrogens with zero attached hydrogens (tertiary/aromatic N) is 2. The fourth-order valence-corrected chi connectivity index (χ4v) is 3.75. The molecule has 5 nitrogen and oxygen atoms in total. The van der Waals surface area contributed by atoms with Crippen molar-refractivity contribution in [2.75, 3.05) is 6.54 Å². The molecule has 4 rings (SSSR count). The molecule has 28 heavy (non-hydrogen) atoms. The summed E-state index contributed by atoms with van der Waals surface area (Å²) in [5, 5.41) is 10.7. The maximum atomic E-state index is 12.3. The van der Waals surface area contributed by atoms with Crippen molar-refractivity contribution in [3.8, 4) is 11.1 Å². The molecule has 2 N–H and O–H groups in total. The summed E-state index contributed by atoms with van der Waals surface area (Å²) in [7, 11) is 0. The lowest BCUT2D eigenvalue weighted by molar-refractivity contribution is -0.121. The quantitative estimate of drug-likeness (QED) is 0.667. The lowest BCUT2D eigenvalue weighted by Crippen LogP contribution is -2.31. The monoisotopic (exact) mass is 374 g/mol. The molecule has 0 saturated carbocycles.